The molecule has 1 amide bonds. The molecule has 0 saturated heterocycles. The third kappa shape index (κ3) is 2.71. The number of hydrogen-bond donors (Lipinski definition) is 2. The largest absolute Gasteiger partial charge is 0.467 e. The Hall–Kier alpha value is -3.24. The van der Waals surface area contributed by atoms with Gasteiger partial charge in [-0.1, -0.05) is 0 Å². The van der Waals surface area contributed by atoms with Gasteiger partial charge in [-0.2, -0.15) is 5.26 Å². The maximum absolute atomic E-state index is 12.6. The van der Waals surface area contributed by atoms with E-state index in [1.807, 2.05) is 6.07 Å². The van der Waals surface area contributed by atoms with Crippen LogP contribution in [0.3, 0.4) is 0 Å². The van der Waals surface area contributed by atoms with Crippen LogP contribution in [-0.4, -0.2) is 22.2 Å². The Bertz CT molecular complexity index is 870. The molecule has 122 valence electrons. The number of aliphatic hydroxyl groups is 1. The van der Waals surface area contributed by atoms with E-state index >= 15 is 0 Å². The van der Waals surface area contributed by atoms with Crippen molar-refractivity contribution in [2.45, 2.75) is 13.0 Å². The molecule has 0 radical (unpaired) electrons. The highest BCUT2D eigenvalue weighted by molar-refractivity contribution is 5.98. The monoisotopic (exact) mass is 325 g/mol. The maximum Gasteiger partial charge on any atom is 0.256 e. The second kappa shape index (κ2) is 6.48. The number of aromatic nitrogens is 1. The summed E-state index contributed by atoms with van der Waals surface area (Å²) in [5.74, 6) is 0.519. The molecule has 0 spiro atoms. The molecular formula is C17H15N3O4. The lowest BCUT2D eigenvalue weighted by Gasteiger charge is -2.13. The summed E-state index contributed by atoms with van der Waals surface area (Å²) in [4.78, 5) is 12.6. The van der Waals surface area contributed by atoms with Crippen LogP contribution in [0, 0.1) is 18.3 Å². The van der Waals surface area contributed by atoms with Crippen LogP contribution in [0.5, 0.6) is 0 Å². The lowest BCUT2D eigenvalue weighted by atomic mass is 10.1. The van der Waals surface area contributed by atoms with E-state index in [1.165, 1.54) is 6.26 Å². The predicted octanol–water partition coefficient (Wildman–Crippen LogP) is 2.31. The van der Waals surface area contributed by atoms with Gasteiger partial charge >= 0.3 is 0 Å². The zero-order chi connectivity index (χ0) is 17.1. The molecule has 1 atom stereocenters. The number of furan rings is 2. The molecule has 3 aromatic rings. The molecule has 2 N–H and O–H groups in total. The number of aliphatic hydroxyl groups excluding tert-OH is 1. The van der Waals surface area contributed by atoms with Crippen LogP contribution in [0.4, 0.5) is 0 Å². The second-order valence-electron chi connectivity index (χ2n) is 5.14. The molecule has 3 aromatic heterocycles. The van der Waals surface area contributed by atoms with Crippen LogP contribution >= 0.6 is 0 Å². The van der Waals surface area contributed by atoms with Gasteiger partial charge in [-0.25, -0.2) is 0 Å². The molecular weight excluding hydrogens is 310 g/mol. The zero-order valence-corrected chi connectivity index (χ0v) is 12.9. The summed E-state index contributed by atoms with van der Waals surface area (Å²) >= 11 is 0. The van der Waals surface area contributed by atoms with E-state index < -0.39 is 11.9 Å². The average Bonchev–Trinajstić information content (AvgIpc) is 3.31. The molecule has 0 aromatic carbocycles. The first-order chi connectivity index (χ1) is 11.7. The summed E-state index contributed by atoms with van der Waals surface area (Å²) in [5.41, 5.74) is 0.281. The van der Waals surface area contributed by atoms with Crippen LogP contribution in [0.15, 0.2) is 51.8 Å². The van der Waals surface area contributed by atoms with E-state index in [-0.39, 0.29) is 23.6 Å². The smallest absolute Gasteiger partial charge is 0.256 e. The van der Waals surface area contributed by atoms with Crippen molar-refractivity contribution < 1.29 is 18.7 Å². The average molecular weight is 325 g/mol. The van der Waals surface area contributed by atoms with Crippen LogP contribution < -0.4 is 5.32 Å². The SMILES string of the molecule is Cc1oc(-n2cccc2)c(C#N)c1C(=O)NC(CO)c1ccco1. The Balaban J connectivity index is 1.94. The number of nitriles is 1. The molecule has 3 heterocycles. The molecule has 24 heavy (non-hydrogen) atoms. The number of nitrogens with one attached hydrogen (secondary N) is 1. The van der Waals surface area contributed by atoms with Crippen LogP contribution in [-0.2, 0) is 0 Å². The Kier molecular flexibility index (Phi) is 4.22. The molecule has 0 aliphatic rings. The van der Waals surface area contributed by atoms with Gasteiger partial charge in [0, 0.05) is 12.4 Å². The van der Waals surface area contributed by atoms with Gasteiger partial charge in [-0.3, -0.25) is 9.36 Å². The minimum absolute atomic E-state index is 0.136. The van der Waals surface area contributed by atoms with Gasteiger partial charge in [0.15, 0.2) is 0 Å². The molecule has 0 fully saturated rings. The van der Waals surface area contributed by atoms with Crippen molar-refractivity contribution in [1.82, 2.24) is 9.88 Å². The molecule has 0 aliphatic heterocycles. The highest BCUT2D eigenvalue weighted by Gasteiger charge is 2.27. The van der Waals surface area contributed by atoms with E-state index in [9.17, 15) is 15.2 Å². The predicted molar refractivity (Wildman–Crippen MR) is 83.5 cm³/mol. The first-order valence-corrected chi connectivity index (χ1v) is 7.27. The lowest BCUT2D eigenvalue weighted by Crippen LogP contribution is -2.31. The number of carbonyl (C=O) groups excluding carboxylic acids is 1. The quantitative estimate of drug-likeness (QED) is 0.749. The molecule has 0 saturated carbocycles. The number of aryl methyl sites for hydroxylation is 1. The van der Waals surface area contributed by atoms with Gasteiger partial charge in [-0.15, -0.1) is 0 Å². The highest BCUT2D eigenvalue weighted by atomic mass is 16.4. The summed E-state index contributed by atoms with van der Waals surface area (Å²) in [6.07, 6.45) is 4.90. The molecule has 1 unspecified atom stereocenters. The topological polar surface area (TPSA) is 104 Å². The maximum atomic E-state index is 12.6. The van der Waals surface area contributed by atoms with Gasteiger partial charge in [0.2, 0.25) is 5.88 Å². The van der Waals surface area contributed by atoms with E-state index in [0.29, 0.717) is 11.5 Å². The lowest BCUT2D eigenvalue weighted by molar-refractivity contribution is 0.0905. The van der Waals surface area contributed by atoms with Crippen molar-refractivity contribution in [1.29, 1.82) is 5.26 Å². The summed E-state index contributed by atoms with van der Waals surface area (Å²) in [5, 5.41) is 21.6. The standard InChI is InChI=1S/C17H15N3O4/c1-11-15(12(9-18)17(24-11)20-6-2-3-7-20)16(22)19-13(10-21)14-5-4-8-23-14/h2-8,13,21H,10H2,1H3,(H,19,22). The number of carbonyl (C=O) groups is 1. The summed E-state index contributed by atoms with van der Waals surface area (Å²) in [6.45, 7) is 1.28. The van der Waals surface area contributed by atoms with Crippen molar-refractivity contribution >= 4 is 5.91 Å². The van der Waals surface area contributed by atoms with Crippen molar-refractivity contribution in [3.8, 4) is 12.0 Å². The molecule has 7 heteroatoms. The number of rotatable bonds is 5. The number of amides is 1. The normalized spacial score (nSPS) is 11.9. The summed E-state index contributed by atoms with van der Waals surface area (Å²) in [7, 11) is 0. The summed E-state index contributed by atoms with van der Waals surface area (Å²) < 4.78 is 12.4. The first kappa shape index (κ1) is 15.6. The Labute approximate surface area is 137 Å². The zero-order valence-electron chi connectivity index (χ0n) is 12.9. The Morgan fingerprint density at radius 2 is 2.17 bits per heavy atom. The van der Waals surface area contributed by atoms with Crippen molar-refractivity contribution in [3.63, 3.8) is 0 Å². The first-order valence-electron chi connectivity index (χ1n) is 7.27. The fourth-order valence-corrected chi connectivity index (χ4v) is 2.49. The summed E-state index contributed by atoms with van der Waals surface area (Å²) in [6, 6.07) is 8.21. The highest BCUT2D eigenvalue weighted by Crippen LogP contribution is 2.26. The van der Waals surface area contributed by atoms with Gasteiger partial charge in [0.25, 0.3) is 5.91 Å². The van der Waals surface area contributed by atoms with E-state index in [1.54, 1.807) is 48.1 Å². The minimum atomic E-state index is -0.705. The Morgan fingerprint density at radius 1 is 1.42 bits per heavy atom. The minimum Gasteiger partial charge on any atom is -0.467 e. The third-order valence-corrected chi connectivity index (χ3v) is 3.62. The van der Waals surface area contributed by atoms with E-state index in [4.69, 9.17) is 8.83 Å². The van der Waals surface area contributed by atoms with Gasteiger partial charge in [0.1, 0.15) is 34.8 Å². The fourth-order valence-electron chi connectivity index (χ4n) is 2.49. The number of nitrogens with zero attached hydrogens (tertiary/aromatic N) is 2. The Morgan fingerprint density at radius 3 is 2.75 bits per heavy atom. The van der Waals surface area contributed by atoms with Gasteiger partial charge in [0.05, 0.1) is 12.9 Å². The van der Waals surface area contributed by atoms with E-state index in [2.05, 4.69) is 5.32 Å². The van der Waals surface area contributed by atoms with Crippen molar-refractivity contribution in [2.24, 2.45) is 0 Å². The molecule has 0 bridgehead atoms. The third-order valence-electron chi connectivity index (χ3n) is 3.62. The second-order valence-corrected chi connectivity index (χ2v) is 5.14. The molecule has 7 nitrogen and oxygen atoms in total. The van der Waals surface area contributed by atoms with Crippen molar-refractivity contribution in [3.05, 3.63) is 65.6 Å². The number of hydrogen-bond acceptors (Lipinski definition) is 5. The van der Waals surface area contributed by atoms with Gasteiger partial charge in [-0.05, 0) is 31.2 Å². The molecule has 0 aliphatic carbocycles. The molecule has 3 rings (SSSR count). The van der Waals surface area contributed by atoms with Crippen LogP contribution in [0.1, 0.15) is 33.5 Å². The van der Waals surface area contributed by atoms with Crippen LogP contribution in [0.25, 0.3) is 5.88 Å². The fraction of sp³-hybridized carbons (Fsp3) is 0.176. The van der Waals surface area contributed by atoms with Crippen LogP contribution in [0.2, 0.25) is 0 Å². The van der Waals surface area contributed by atoms with Crippen molar-refractivity contribution in [2.75, 3.05) is 6.61 Å². The van der Waals surface area contributed by atoms with Gasteiger partial charge < -0.3 is 19.3 Å². The van der Waals surface area contributed by atoms with E-state index in [0.717, 1.165) is 0 Å².